The first-order valence-corrected chi connectivity index (χ1v) is 10.8. The van der Waals surface area contributed by atoms with E-state index in [9.17, 15) is 4.79 Å². The van der Waals surface area contributed by atoms with E-state index in [1.807, 2.05) is 48.5 Å². The molecule has 5 nitrogen and oxygen atoms in total. The molecule has 0 bridgehead atoms. The fourth-order valence-electron chi connectivity index (χ4n) is 3.59. The predicted molar refractivity (Wildman–Crippen MR) is 123 cm³/mol. The van der Waals surface area contributed by atoms with Gasteiger partial charge in [0.05, 0.1) is 12.1 Å². The van der Waals surface area contributed by atoms with Crippen LogP contribution in [0.15, 0.2) is 72.8 Å². The van der Waals surface area contributed by atoms with Crippen LogP contribution in [-0.2, 0) is 17.8 Å². The fourth-order valence-corrected chi connectivity index (χ4v) is 3.59. The second kappa shape index (κ2) is 10.0. The third kappa shape index (κ3) is 5.37. The summed E-state index contributed by atoms with van der Waals surface area (Å²) in [7, 11) is 0. The summed E-state index contributed by atoms with van der Waals surface area (Å²) in [5.41, 5.74) is 4.93. The second-order valence-electron chi connectivity index (χ2n) is 7.73. The Morgan fingerprint density at radius 1 is 0.903 bits per heavy atom. The van der Waals surface area contributed by atoms with E-state index in [2.05, 4.69) is 41.5 Å². The minimum Gasteiger partial charge on any atom is -0.494 e. The molecule has 0 aliphatic rings. The Morgan fingerprint density at radius 3 is 2.35 bits per heavy atom. The molecule has 3 aromatic carbocycles. The Kier molecular flexibility index (Phi) is 6.72. The van der Waals surface area contributed by atoms with Crippen LogP contribution in [0.5, 0.6) is 5.75 Å². The lowest BCUT2D eigenvalue weighted by Gasteiger charge is -2.08. The molecule has 0 spiro atoms. The maximum atomic E-state index is 12.5. The van der Waals surface area contributed by atoms with Gasteiger partial charge in [0, 0.05) is 6.42 Å². The van der Waals surface area contributed by atoms with E-state index >= 15 is 0 Å². The number of fused-ring (bicyclic) bond motifs is 1. The number of unbranched alkanes of at least 4 members (excludes halogenated alkanes) is 2. The number of nitrogens with zero attached hydrogens (tertiary/aromatic N) is 3. The molecular weight excluding hydrogens is 386 g/mol. The standard InChI is InChI=1S/C26H27N3O2/c1-2-3-6-17-31-24-15-13-22(14-16-24)21-11-9-20(10-12-21)18-23(30)19-29-26-8-5-4-7-25(26)27-28-29/h4-5,7-16H,2-3,6,17-19H2,1H3. The van der Waals surface area contributed by atoms with Gasteiger partial charge in [-0.25, -0.2) is 4.68 Å². The van der Waals surface area contributed by atoms with Crippen molar-refractivity contribution in [3.63, 3.8) is 0 Å². The van der Waals surface area contributed by atoms with E-state index in [-0.39, 0.29) is 12.3 Å². The van der Waals surface area contributed by atoms with Crippen LogP contribution < -0.4 is 4.74 Å². The van der Waals surface area contributed by atoms with Gasteiger partial charge < -0.3 is 4.74 Å². The number of para-hydroxylation sites is 1. The number of ketones is 1. The molecular formula is C26H27N3O2. The van der Waals surface area contributed by atoms with Crippen molar-refractivity contribution in [3.8, 4) is 16.9 Å². The molecule has 0 unspecified atom stereocenters. The minimum atomic E-state index is 0.105. The first kappa shape index (κ1) is 20.8. The van der Waals surface area contributed by atoms with Crippen LogP contribution in [0.3, 0.4) is 0 Å². The van der Waals surface area contributed by atoms with E-state index in [4.69, 9.17) is 4.74 Å². The number of rotatable bonds is 10. The molecule has 0 N–H and O–H groups in total. The van der Waals surface area contributed by atoms with Crippen molar-refractivity contribution >= 4 is 16.8 Å². The molecule has 0 saturated carbocycles. The van der Waals surface area contributed by atoms with Crippen LogP contribution >= 0.6 is 0 Å². The summed E-state index contributed by atoms with van der Waals surface area (Å²) in [6.07, 6.45) is 3.86. The number of hydrogen-bond donors (Lipinski definition) is 0. The Labute approximate surface area is 182 Å². The van der Waals surface area contributed by atoms with Crippen LogP contribution in [0.4, 0.5) is 0 Å². The van der Waals surface area contributed by atoms with Crippen LogP contribution in [-0.4, -0.2) is 27.4 Å². The quantitative estimate of drug-likeness (QED) is 0.323. The van der Waals surface area contributed by atoms with Crippen LogP contribution in [0.25, 0.3) is 22.2 Å². The SMILES string of the molecule is CCCCCOc1ccc(-c2ccc(CC(=O)Cn3nnc4ccccc43)cc2)cc1. The monoisotopic (exact) mass is 413 g/mol. The summed E-state index contributed by atoms with van der Waals surface area (Å²) in [6, 6.07) is 24.0. The average Bonchev–Trinajstić information content (AvgIpc) is 3.20. The summed E-state index contributed by atoms with van der Waals surface area (Å²) >= 11 is 0. The molecule has 1 aromatic heterocycles. The minimum absolute atomic E-state index is 0.105. The van der Waals surface area contributed by atoms with Gasteiger partial charge in [-0.1, -0.05) is 73.5 Å². The van der Waals surface area contributed by atoms with Crippen molar-refractivity contribution in [1.82, 2.24) is 15.0 Å². The van der Waals surface area contributed by atoms with Gasteiger partial charge in [0.15, 0.2) is 5.78 Å². The van der Waals surface area contributed by atoms with Gasteiger partial charge in [-0.15, -0.1) is 5.10 Å². The van der Waals surface area contributed by atoms with Crippen LogP contribution in [0.1, 0.15) is 31.7 Å². The molecule has 0 radical (unpaired) electrons. The van der Waals surface area contributed by atoms with E-state index in [1.54, 1.807) is 4.68 Å². The number of hydrogen-bond acceptors (Lipinski definition) is 4. The molecule has 0 aliphatic carbocycles. The third-order valence-corrected chi connectivity index (χ3v) is 5.31. The molecule has 4 aromatic rings. The summed E-state index contributed by atoms with van der Waals surface area (Å²) < 4.78 is 7.45. The number of carbonyl (C=O) groups is 1. The van der Waals surface area contributed by atoms with Crippen molar-refractivity contribution in [2.24, 2.45) is 0 Å². The first-order valence-electron chi connectivity index (χ1n) is 10.8. The zero-order valence-corrected chi connectivity index (χ0v) is 17.8. The third-order valence-electron chi connectivity index (χ3n) is 5.31. The van der Waals surface area contributed by atoms with E-state index in [1.165, 1.54) is 12.8 Å². The highest BCUT2D eigenvalue weighted by Crippen LogP contribution is 2.23. The van der Waals surface area contributed by atoms with E-state index in [0.29, 0.717) is 6.42 Å². The van der Waals surface area contributed by atoms with Gasteiger partial charge in [-0.05, 0) is 47.4 Å². The highest BCUT2D eigenvalue weighted by Gasteiger charge is 2.10. The van der Waals surface area contributed by atoms with Crippen molar-refractivity contribution in [2.75, 3.05) is 6.61 Å². The normalized spacial score (nSPS) is 11.0. The Hall–Kier alpha value is -3.47. The average molecular weight is 414 g/mol. The summed E-state index contributed by atoms with van der Waals surface area (Å²) in [4.78, 5) is 12.5. The van der Waals surface area contributed by atoms with E-state index < -0.39 is 0 Å². The molecule has 5 heteroatoms. The number of carbonyl (C=O) groups excluding carboxylic acids is 1. The number of Topliss-reactive ketones (excluding diaryl/α,β-unsaturated/α-hetero) is 1. The van der Waals surface area contributed by atoms with Gasteiger partial charge >= 0.3 is 0 Å². The Balaban J connectivity index is 1.34. The van der Waals surface area contributed by atoms with E-state index in [0.717, 1.165) is 46.5 Å². The molecule has 1 heterocycles. The lowest BCUT2D eigenvalue weighted by Crippen LogP contribution is -2.13. The topological polar surface area (TPSA) is 57.0 Å². The molecule has 0 atom stereocenters. The molecule has 0 fully saturated rings. The van der Waals surface area contributed by atoms with Gasteiger partial charge in [-0.3, -0.25) is 4.79 Å². The molecule has 0 aliphatic heterocycles. The molecule has 4 rings (SSSR count). The zero-order chi connectivity index (χ0) is 21.5. The largest absolute Gasteiger partial charge is 0.494 e. The van der Waals surface area contributed by atoms with Gasteiger partial charge in [0.1, 0.15) is 17.8 Å². The zero-order valence-electron chi connectivity index (χ0n) is 17.8. The smallest absolute Gasteiger partial charge is 0.158 e. The molecule has 31 heavy (non-hydrogen) atoms. The van der Waals surface area contributed by atoms with Crippen molar-refractivity contribution in [1.29, 1.82) is 0 Å². The maximum Gasteiger partial charge on any atom is 0.158 e. The predicted octanol–water partition coefficient (Wildman–Crippen LogP) is 5.48. The van der Waals surface area contributed by atoms with Crippen molar-refractivity contribution in [2.45, 2.75) is 39.2 Å². The van der Waals surface area contributed by atoms with Crippen LogP contribution in [0.2, 0.25) is 0 Å². The number of benzene rings is 3. The molecule has 0 saturated heterocycles. The van der Waals surface area contributed by atoms with Gasteiger partial charge in [0.2, 0.25) is 0 Å². The fraction of sp³-hybridized carbons (Fsp3) is 0.269. The second-order valence-corrected chi connectivity index (χ2v) is 7.73. The summed E-state index contributed by atoms with van der Waals surface area (Å²) in [5.74, 6) is 1.01. The highest BCUT2D eigenvalue weighted by atomic mass is 16.5. The highest BCUT2D eigenvalue weighted by molar-refractivity contribution is 5.83. The Morgan fingerprint density at radius 2 is 1.61 bits per heavy atom. The van der Waals surface area contributed by atoms with Crippen LogP contribution in [0, 0.1) is 0 Å². The summed E-state index contributed by atoms with van der Waals surface area (Å²) in [6.45, 7) is 3.18. The first-order chi connectivity index (χ1) is 15.2. The number of ether oxygens (including phenoxy) is 1. The molecule has 0 amide bonds. The lowest BCUT2D eigenvalue weighted by atomic mass is 10.0. The Bertz CT molecular complexity index is 1130. The molecule has 158 valence electrons. The van der Waals surface area contributed by atoms with Gasteiger partial charge in [0.25, 0.3) is 0 Å². The maximum absolute atomic E-state index is 12.5. The van der Waals surface area contributed by atoms with Crippen molar-refractivity contribution in [3.05, 3.63) is 78.4 Å². The number of aromatic nitrogens is 3. The lowest BCUT2D eigenvalue weighted by molar-refractivity contribution is -0.119. The summed E-state index contributed by atoms with van der Waals surface area (Å²) in [5, 5.41) is 8.21. The van der Waals surface area contributed by atoms with Gasteiger partial charge in [-0.2, -0.15) is 0 Å². The van der Waals surface area contributed by atoms with Crippen molar-refractivity contribution < 1.29 is 9.53 Å².